The summed E-state index contributed by atoms with van der Waals surface area (Å²) in [5.74, 6) is 0.761. The van der Waals surface area contributed by atoms with Crippen molar-refractivity contribution in [3.8, 4) is 5.75 Å². The summed E-state index contributed by atoms with van der Waals surface area (Å²) < 4.78 is 5.42. The van der Waals surface area contributed by atoms with E-state index in [-0.39, 0.29) is 11.7 Å². The van der Waals surface area contributed by atoms with Crippen LogP contribution in [-0.2, 0) is 4.79 Å². The maximum Gasteiger partial charge on any atom is 0.225 e. The van der Waals surface area contributed by atoms with Gasteiger partial charge in [-0.3, -0.25) is 4.79 Å². The number of halogens is 1. The molecule has 0 aromatic heterocycles. The fourth-order valence-corrected chi connectivity index (χ4v) is 1.58. The minimum Gasteiger partial charge on any atom is -0.493 e. The van der Waals surface area contributed by atoms with Crippen molar-refractivity contribution >= 4 is 27.6 Å². The van der Waals surface area contributed by atoms with E-state index in [1.807, 2.05) is 42.5 Å². The van der Waals surface area contributed by atoms with Crippen LogP contribution in [0.1, 0.15) is 6.42 Å². The van der Waals surface area contributed by atoms with Gasteiger partial charge in [0, 0.05) is 0 Å². The van der Waals surface area contributed by atoms with Gasteiger partial charge in [-0.15, -0.1) is 0 Å². The van der Waals surface area contributed by atoms with E-state index < -0.39 is 0 Å². The molecule has 2 nitrogen and oxygen atoms in total. The van der Waals surface area contributed by atoms with Crippen LogP contribution in [-0.4, -0.2) is 11.8 Å². The number of benzene rings is 2. The maximum atomic E-state index is 10.5. The summed E-state index contributed by atoms with van der Waals surface area (Å²) in [6, 6.07) is 13.9. The molecule has 0 radical (unpaired) electrons. The summed E-state index contributed by atoms with van der Waals surface area (Å²) in [6.07, 6.45) is 0.231. The minimum absolute atomic E-state index is 0.231. The first kappa shape index (κ1) is 11.0. The van der Waals surface area contributed by atoms with Gasteiger partial charge in [-0.2, -0.15) is 0 Å². The number of carbonyl (C=O) groups excluding carboxylic acids is 1. The Morgan fingerprint density at radius 2 is 1.88 bits per heavy atom. The molecular formula is C13H11ClO2. The molecule has 0 heterocycles. The third kappa shape index (κ3) is 2.74. The van der Waals surface area contributed by atoms with E-state index in [0.717, 1.165) is 11.1 Å². The quantitative estimate of drug-likeness (QED) is 0.759. The first-order chi connectivity index (χ1) is 7.75. The zero-order valence-corrected chi connectivity index (χ0v) is 9.41. The molecule has 82 valence electrons. The van der Waals surface area contributed by atoms with Gasteiger partial charge in [0.25, 0.3) is 0 Å². The summed E-state index contributed by atoms with van der Waals surface area (Å²) in [5, 5.41) is 1.92. The molecule has 0 aliphatic carbocycles. The fourth-order valence-electron chi connectivity index (χ4n) is 1.51. The smallest absolute Gasteiger partial charge is 0.225 e. The summed E-state index contributed by atoms with van der Waals surface area (Å²) in [7, 11) is 0. The van der Waals surface area contributed by atoms with Crippen LogP contribution in [0.2, 0.25) is 0 Å². The Kier molecular flexibility index (Phi) is 3.42. The lowest BCUT2D eigenvalue weighted by atomic mass is 10.1. The largest absolute Gasteiger partial charge is 0.493 e. The lowest BCUT2D eigenvalue weighted by Crippen LogP contribution is -2.00. The highest BCUT2D eigenvalue weighted by molar-refractivity contribution is 6.63. The molecule has 0 bridgehead atoms. The van der Waals surface area contributed by atoms with Crippen LogP contribution < -0.4 is 4.74 Å². The van der Waals surface area contributed by atoms with Gasteiger partial charge in [0.1, 0.15) is 5.75 Å². The number of fused-ring (bicyclic) bond motifs is 1. The summed E-state index contributed by atoms with van der Waals surface area (Å²) in [5.41, 5.74) is 0. The van der Waals surface area contributed by atoms with Crippen LogP contribution in [0.25, 0.3) is 10.8 Å². The monoisotopic (exact) mass is 234 g/mol. The van der Waals surface area contributed by atoms with Crippen LogP contribution in [0.4, 0.5) is 0 Å². The minimum atomic E-state index is -0.374. The van der Waals surface area contributed by atoms with E-state index >= 15 is 0 Å². The molecule has 2 aromatic carbocycles. The first-order valence-electron chi connectivity index (χ1n) is 5.05. The fraction of sp³-hybridized carbons (Fsp3) is 0.154. The molecule has 0 spiro atoms. The van der Waals surface area contributed by atoms with Crippen molar-refractivity contribution in [3.63, 3.8) is 0 Å². The number of carbonyl (C=O) groups is 1. The second-order valence-electron chi connectivity index (χ2n) is 3.46. The van der Waals surface area contributed by atoms with Crippen LogP contribution in [0.3, 0.4) is 0 Å². The second-order valence-corrected chi connectivity index (χ2v) is 3.88. The highest BCUT2D eigenvalue weighted by atomic mass is 35.5. The van der Waals surface area contributed by atoms with Crippen molar-refractivity contribution < 1.29 is 9.53 Å². The Balaban J connectivity index is 2.10. The highest BCUT2D eigenvalue weighted by Crippen LogP contribution is 2.20. The van der Waals surface area contributed by atoms with Gasteiger partial charge < -0.3 is 4.74 Å². The van der Waals surface area contributed by atoms with Crippen molar-refractivity contribution in [3.05, 3.63) is 42.5 Å². The van der Waals surface area contributed by atoms with Gasteiger partial charge in [-0.05, 0) is 34.5 Å². The van der Waals surface area contributed by atoms with Crippen molar-refractivity contribution in [2.45, 2.75) is 6.42 Å². The van der Waals surface area contributed by atoms with E-state index in [4.69, 9.17) is 16.3 Å². The van der Waals surface area contributed by atoms with Crippen molar-refractivity contribution in [2.75, 3.05) is 6.61 Å². The van der Waals surface area contributed by atoms with Gasteiger partial charge in [0.15, 0.2) is 0 Å². The Labute approximate surface area is 98.8 Å². The molecule has 0 N–H and O–H groups in total. The normalized spacial score (nSPS) is 10.3. The lowest BCUT2D eigenvalue weighted by Gasteiger charge is -2.05. The van der Waals surface area contributed by atoms with Gasteiger partial charge in [-0.1, -0.05) is 30.3 Å². The third-order valence-corrected chi connectivity index (χ3v) is 2.48. The van der Waals surface area contributed by atoms with Crippen LogP contribution in [0, 0.1) is 0 Å². The molecular weight excluding hydrogens is 224 g/mol. The summed E-state index contributed by atoms with van der Waals surface area (Å²) >= 11 is 5.22. The van der Waals surface area contributed by atoms with Crippen molar-refractivity contribution in [1.29, 1.82) is 0 Å². The second kappa shape index (κ2) is 4.99. The number of hydrogen-bond donors (Lipinski definition) is 0. The molecule has 0 amide bonds. The Morgan fingerprint density at radius 3 is 2.62 bits per heavy atom. The molecule has 0 fully saturated rings. The average Bonchev–Trinajstić information content (AvgIpc) is 2.28. The topological polar surface area (TPSA) is 26.3 Å². The van der Waals surface area contributed by atoms with Crippen LogP contribution >= 0.6 is 11.6 Å². The standard InChI is InChI=1S/C13H11ClO2/c14-13(15)7-8-16-12-6-5-10-3-1-2-4-11(10)9-12/h1-6,9H,7-8H2. The van der Waals surface area contributed by atoms with E-state index in [9.17, 15) is 4.79 Å². The zero-order valence-electron chi connectivity index (χ0n) is 8.65. The maximum absolute atomic E-state index is 10.5. The van der Waals surface area contributed by atoms with Crippen molar-refractivity contribution in [2.24, 2.45) is 0 Å². The van der Waals surface area contributed by atoms with E-state index in [0.29, 0.717) is 6.61 Å². The summed E-state index contributed by atoms with van der Waals surface area (Å²) in [6.45, 7) is 0.320. The molecule has 3 heteroatoms. The molecule has 16 heavy (non-hydrogen) atoms. The van der Waals surface area contributed by atoms with E-state index in [1.54, 1.807) is 0 Å². The molecule has 0 atom stereocenters. The molecule has 0 saturated carbocycles. The number of rotatable bonds is 4. The van der Waals surface area contributed by atoms with Gasteiger partial charge >= 0.3 is 0 Å². The number of hydrogen-bond acceptors (Lipinski definition) is 2. The molecule has 2 rings (SSSR count). The van der Waals surface area contributed by atoms with E-state index in [2.05, 4.69) is 0 Å². The first-order valence-corrected chi connectivity index (χ1v) is 5.43. The summed E-state index contributed by atoms with van der Waals surface area (Å²) in [4.78, 5) is 10.5. The Bertz CT molecular complexity index is 508. The van der Waals surface area contributed by atoms with Crippen molar-refractivity contribution in [1.82, 2.24) is 0 Å². The molecule has 0 saturated heterocycles. The zero-order chi connectivity index (χ0) is 11.4. The predicted molar refractivity (Wildman–Crippen MR) is 64.9 cm³/mol. The van der Waals surface area contributed by atoms with E-state index in [1.165, 1.54) is 5.39 Å². The predicted octanol–water partition coefficient (Wildman–Crippen LogP) is 3.37. The number of ether oxygens (including phenoxy) is 1. The molecule has 0 unspecified atom stereocenters. The SMILES string of the molecule is O=C(Cl)CCOc1ccc2ccccc2c1. The Hall–Kier alpha value is -1.54. The molecule has 2 aromatic rings. The third-order valence-electron chi connectivity index (χ3n) is 2.29. The molecule has 0 aliphatic rings. The average molecular weight is 235 g/mol. The lowest BCUT2D eigenvalue weighted by molar-refractivity contribution is -0.112. The molecule has 0 aliphatic heterocycles. The highest BCUT2D eigenvalue weighted by Gasteiger charge is 1.99. The Morgan fingerprint density at radius 1 is 1.12 bits per heavy atom. The van der Waals surface area contributed by atoms with Gasteiger partial charge in [0.05, 0.1) is 13.0 Å². The van der Waals surface area contributed by atoms with Crippen LogP contribution in [0.15, 0.2) is 42.5 Å². The van der Waals surface area contributed by atoms with Crippen LogP contribution in [0.5, 0.6) is 5.75 Å². The van der Waals surface area contributed by atoms with Gasteiger partial charge in [-0.25, -0.2) is 0 Å². The van der Waals surface area contributed by atoms with Gasteiger partial charge in [0.2, 0.25) is 5.24 Å².